The molecule has 0 aliphatic heterocycles. The zero-order valence-corrected chi connectivity index (χ0v) is 15.2. The number of methoxy groups -OCH3 is 1. The second kappa shape index (κ2) is 7.44. The summed E-state index contributed by atoms with van der Waals surface area (Å²) in [6.45, 7) is 2.13. The molecular weight excluding hydrogens is 328 g/mol. The summed E-state index contributed by atoms with van der Waals surface area (Å²) < 4.78 is 7.22. The molecule has 26 heavy (non-hydrogen) atoms. The Labute approximate surface area is 152 Å². The Hall–Kier alpha value is -3.08. The highest BCUT2D eigenvalue weighted by atomic mass is 16.5. The zero-order valence-electron chi connectivity index (χ0n) is 15.2. The number of amides is 1. The number of ether oxygens (including phenoxy) is 1. The lowest BCUT2D eigenvalue weighted by atomic mass is 10.1. The van der Waals surface area contributed by atoms with E-state index in [4.69, 9.17) is 4.74 Å². The minimum atomic E-state index is -0.135. The molecule has 5 heteroatoms. The molecule has 1 heterocycles. The molecular formula is C21H22N2O3. The first-order chi connectivity index (χ1) is 12.5. The van der Waals surface area contributed by atoms with Crippen molar-refractivity contribution in [2.75, 3.05) is 14.2 Å². The maximum Gasteiger partial charge on any atom is 0.242 e. The summed E-state index contributed by atoms with van der Waals surface area (Å²) in [6.07, 6.45) is 1.67. The van der Waals surface area contributed by atoms with Crippen molar-refractivity contribution in [3.05, 3.63) is 76.6 Å². The molecule has 134 valence electrons. The van der Waals surface area contributed by atoms with Crippen molar-refractivity contribution < 1.29 is 9.53 Å². The molecule has 0 aliphatic rings. The van der Waals surface area contributed by atoms with Crippen LogP contribution in [0.5, 0.6) is 5.75 Å². The monoisotopic (exact) mass is 350 g/mol. The van der Waals surface area contributed by atoms with Crippen LogP contribution in [0.1, 0.15) is 18.5 Å². The van der Waals surface area contributed by atoms with Crippen LogP contribution in [-0.2, 0) is 11.3 Å². The fraction of sp³-hybridized carbons (Fsp3) is 0.238. The van der Waals surface area contributed by atoms with Gasteiger partial charge in [-0.3, -0.25) is 9.59 Å². The number of nitrogens with zero attached hydrogens (tertiary/aromatic N) is 2. The average Bonchev–Trinajstić information content (AvgIpc) is 2.69. The normalized spacial score (nSPS) is 12.0. The van der Waals surface area contributed by atoms with Gasteiger partial charge in [0.2, 0.25) is 5.91 Å². The van der Waals surface area contributed by atoms with Crippen molar-refractivity contribution in [3.63, 3.8) is 0 Å². The molecule has 1 aromatic heterocycles. The lowest BCUT2D eigenvalue weighted by molar-refractivity contribution is -0.132. The lowest BCUT2D eigenvalue weighted by Crippen LogP contribution is -2.33. The maximum atomic E-state index is 12.8. The summed E-state index contributed by atoms with van der Waals surface area (Å²) in [6, 6.07) is 16.4. The largest absolute Gasteiger partial charge is 0.496 e. The maximum absolute atomic E-state index is 12.8. The van der Waals surface area contributed by atoms with E-state index < -0.39 is 0 Å². The third kappa shape index (κ3) is 3.33. The Bertz CT molecular complexity index is 994. The van der Waals surface area contributed by atoms with Crippen molar-refractivity contribution >= 4 is 16.8 Å². The van der Waals surface area contributed by atoms with Crippen LogP contribution in [0.2, 0.25) is 0 Å². The minimum absolute atomic E-state index is 0.0416. The highest BCUT2D eigenvalue weighted by Gasteiger charge is 2.20. The van der Waals surface area contributed by atoms with Crippen molar-refractivity contribution in [3.8, 4) is 5.75 Å². The van der Waals surface area contributed by atoms with E-state index in [1.54, 1.807) is 31.3 Å². The van der Waals surface area contributed by atoms with Gasteiger partial charge in [0.1, 0.15) is 12.3 Å². The van der Waals surface area contributed by atoms with Gasteiger partial charge in [-0.1, -0.05) is 30.3 Å². The highest BCUT2D eigenvalue weighted by Crippen LogP contribution is 2.28. The number of rotatable bonds is 5. The van der Waals surface area contributed by atoms with E-state index in [-0.39, 0.29) is 23.9 Å². The SMILES string of the molecule is COc1ccccc1C(C)N(C)C(=O)Cn1ccc(=O)c2ccccc21. The van der Waals surface area contributed by atoms with Gasteiger partial charge in [-0.25, -0.2) is 0 Å². The van der Waals surface area contributed by atoms with Gasteiger partial charge in [0.05, 0.1) is 18.7 Å². The van der Waals surface area contributed by atoms with Gasteiger partial charge >= 0.3 is 0 Å². The highest BCUT2D eigenvalue weighted by molar-refractivity contribution is 5.82. The lowest BCUT2D eigenvalue weighted by Gasteiger charge is -2.27. The molecule has 1 amide bonds. The third-order valence-corrected chi connectivity index (χ3v) is 4.75. The number of hydrogen-bond donors (Lipinski definition) is 0. The van der Waals surface area contributed by atoms with E-state index >= 15 is 0 Å². The van der Waals surface area contributed by atoms with Crippen molar-refractivity contribution in [1.29, 1.82) is 0 Å². The Morgan fingerprint density at radius 3 is 2.58 bits per heavy atom. The Morgan fingerprint density at radius 2 is 1.81 bits per heavy atom. The molecule has 5 nitrogen and oxygen atoms in total. The molecule has 0 saturated heterocycles. The molecule has 2 aromatic carbocycles. The molecule has 0 aliphatic carbocycles. The van der Waals surface area contributed by atoms with Crippen LogP contribution in [0.25, 0.3) is 10.9 Å². The number of aromatic nitrogens is 1. The smallest absolute Gasteiger partial charge is 0.242 e. The Kier molecular flexibility index (Phi) is 5.07. The summed E-state index contributed by atoms with van der Waals surface area (Å²) >= 11 is 0. The number of para-hydroxylation sites is 2. The molecule has 0 bridgehead atoms. The van der Waals surface area contributed by atoms with Crippen molar-refractivity contribution in [1.82, 2.24) is 9.47 Å². The van der Waals surface area contributed by atoms with Crippen LogP contribution < -0.4 is 10.2 Å². The topological polar surface area (TPSA) is 51.5 Å². The van der Waals surface area contributed by atoms with Gasteiger partial charge in [-0.2, -0.15) is 0 Å². The summed E-state index contributed by atoms with van der Waals surface area (Å²) in [5, 5.41) is 0.614. The number of pyridine rings is 1. The van der Waals surface area contributed by atoms with Crippen molar-refractivity contribution in [2.45, 2.75) is 19.5 Å². The minimum Gasteiger partial charge on any atom is -0.496 e. The van der Waals surface area contributed by atoms with Gasteiger partial charge < -0.3 is 14.2 Å². The van der Waals surface area contributed by atoms with Gasteiger partial charge in [-0.05, 0) is 25.1 Å². The van der Waals surface area contributed by atoms with Crippen LogP contribution >= 0.6 is 0 Å². The molecule has 0 saturated carbocycles. The predicted octanol–water partition coefficient (Wildman–Crippen LogP) is 3.23. The third-order valence-electron chi connectivity index (χ3n) is 4.75. The molecule has 3 aromatic rings. The van der Waals surface area contributed by atoms with E-state index in [2.05, 4.69) is 0 Å². The van der Waals surface area contributed by atoms with Crippen LogP contribution in [0.15, 0.2) is 65.6 Å². The summed E-state index contributed by atoms with van der Waals surface area (Å²) in [5.74, 6) is 0.714. The van der Waals surface area contributed by atoms with Gasteiger partial charge in [0.15, 0.2) is 5.43 Å². The van der Waals surface area contributed by atoms with Crippen LogP contribution in [-0.4, -0.2) is 29.5 Å². The first kappa shape index (κ1) is 17.7. The number of benzene rings is 2. The van der Waals surface area contributed by atoms with Crippen molar-refractivity contribution in [2.24, 2.45) is 0 Å². The molecule has 1 atom stereocenters. The van der Waals surface area contributed by atoms with E-state index in [0.29, 0.717) is 5.39 Å². The molecule has 0 fully saturated rings. The van der Waals surface area contributed by atoms with E-state index in [9.17, 15) is 9.59 Å². The van der Waals surface area contributed by atoms with Gasteiger partial charge in [0.25, 0.3) is 0 Å². The van der Waals surface area contributed by atoms with Crippen LogP contribution in [0.4, 0.5) is 0 Å². The first-order valence-electron chi connectivity index (χ1n) is 8.49. The zero-order chi connectivity index (χ0) is 18.7. The van der Waals surface area contributed by atoms with Gasteiger partial charge in [0, 0.05) is 30.3 Å². The summed E-state index contributed by atoms with van der Waals surface area (Å²) in [7, 11) is 3.41. The number of fused-ring (bicyclic) bond motifs is 1. The van der Waals surface area contributed by atoms with Gasteiger partial charge in [-0.15, -0.1) is 0 Å². The standard InChI is InChI=1S/C21H22N2O3/c1-15(16-8-5-7-11-20(16)26-3)22(2)21(25)14-23-13-12-19(24)17-9-4-6-10-18(17)23/h4-13,15H,14H2,1-3H3. The fourth-order valence-electron chi connectivity index (χ4n) is 3.09. The molecule has 3 rings (SSSR count). The number of hydrogen-bond acceptors (Lipinski definition) is 3. The number of carbonyl (C=O) groups is 1. The molecule has 0 spiro atoms. The quantitative estimate of drug-likeness (QED) is 0.710. The molecule has 0 radical (unpaired) electrons. The Balaban J connectivity index is 1.86. The van der Waals surface area contributed by atoms with Crippen LogP contribution in [0, 0.1) is 0 Å². The predicted molar refractivity (Wildman–Crippen MR) is 102 cm³/mol. The number of carbonyl (C=O) groups excluding carboxylic acids is 1. The Morgan fingerprint density at radius 1 is 1.12 bits per heavy atom. The molecule has 1 unspecified atom stereocenters. The fourth-order valence-corrected chi connectivity index (χ4v) is 3.09. The second-order valence-electron chi connectivity index (χ2n) is 6.25. The average molecular weight is 350 g/mol. The second-order valence-corrected chi connectivity index (χ2v) is 6.25. The first-order valence-corrected chi connectivity index (χ1v) is 8.49. The van der Waals surface area contributed by atoms with E-state index in [1.807, 2.05) is 54.0 Å². The van der Waals surface area contributed by atoms with E-state index in [0.717, 1.165) is 16.8 Å². The molecule has 0 N–H and O–H groups in total. The van der Waals surface area contributed by atoms with Crippen LogP contribution in [0.3, 0.4) is 0 Å². The summed E-state index contributed by atoms with van der Waals surface area (Å²) in [4.78, 5) is 26.5. The number of likely N-dealkylation sites (N-methyl/N-ethyl adjacent to an activating group) is 1. The van der Waals surface area contributed by atoms with E-state index in [1.165, 1.54) is 6.07 Å². The summed E-state index contributed by atoms with van der Waals surface area (Å²) in [5.41, 5.74) is 1.67.